The Balaban J connectivity index is 1.70. The van der Waals surface area contributed by atoms with E-state index in [1.165, 1.54) is 0 Å². The molecule has 0 radical (unpaired) electrons. The van der Waals surface area contributed by atoms with Crippen molar-refractivity contribution in [1.82, 2.24) is 4.98 Å². The monoisotopic (exact) mass is 393 g/mol. The third-order valence-electron chi connectivity index (χ3n) is 7.14. The molecule has 1 fully saturated rings. The minimum Gasteiger partial charge on any atom is -0.462 e. The minimum absolute atomic E-state index is 0.0682. The van der Waals surface area contributed by atoms with Crippen molar-refractivity contribution in [2.24, 2.45) is 22.1 Å². The summed E-state index contributed by atoms with van der Waals surface area (Å²) >= 11 is 0. The van der Waals surface area contributed by atoms with Gasteiger partial charge in [-0.3, -0.25) is 4.98 Å². The number of aryl methyl sites for hydroxylation is 1. The van der Waals surface area contributed by atoms with Gasteiger partial charge >= 0.3 is 0 Å². The van der Waals surface area contributed by atoms with Gasteiger partial charge in [0.1, 0.15) is 12.1 Å². The molecule has 0 amide bonds. The number of nitrogens with two attached hydrogens (primary N) is 1. The van der Waals surface area contributed by atoms with E-state index in [9.17, 15) is 0 Å². The molecule has 2 aliphatic carbocycles. The number of aromatic nitrogens is 1. The fourth-order valence-electron chi connectivity index (χ4n) is 5.81. The summed E-state index contributed by atoms with van der Waals surface area (Å²) < 4.78 is 29.1. The van der Waals surface area contributed by atoms with Crippen molar-refractivity contribution in [1.29, 1.82) is 0 Å². The third-order valence-corrected chi connectivity index (χ3v) is 7.14. The van der Waals surface area contributed by atoms with E-state index in [0.29, 0.717) is 5.92 Å². The highest BCUT2D eigenvalue weighted by molar-refractivity contribution is 5.76. The summed E-state index contributed by atoms with van der Waals surface area (Å²) in [6, 6.07) is 8.33. The number of methoxy groups -OCH3 is 1. The standard InChI is InChI=1S/C24H29N3O2/c1-15-8-19(13-26-12-15)17-4-5-18-11-23(7-6-21(28-3)16(2)10-23)24(20(18)9-17)14-29-22(25)27-24/h4-5,8-9,12-13,16,21H,6-7,10-11,14H2,1-3H3,(H2,25,27)/t16-,21-,23-,24-/m0/s1/i14D2. The minimum atomic E-state index is -2.02. The van der Waals surface area contributed by atoms with Gasteiger partial charge in [0.05, 0.1) is 8.85 Å². The van der Waals surface area contributed by atoms with E-state index in [1.807, 2.05) is 19.3 Å². The molecule has 3 aliphatic rings. The quantitative estimate of drug-likeness (QED) is 0.838. The number of hydrogen-bond donors (Lipinski definition) is 1. The van der Waals surface area contributed by atoms with E-state index < -0.39 is 17.5 Å². The average molecular weight is 394 g/mol. The van der Waals surface area contributed by atoms with Gasteiger partial charge in [0, 0.05) is 30.5 Å². The highest BCUT2D eigenvalue weighted by Crippen LogP contribution is 2.62. The smallest absolute Gasteiger partial charge is 0.283 e. The largest absolute Gasteiger partial charge is 0.462 e. The van der Waals surface area contributed by atoms with Crippen molar-refractivity contribution in [2.75, 3.05) is 13.7 Å². The maximum absolute atomic E-state index is 8.93. The first-order valence-electron chi connectivity index (χ1n) is 11.3. The molecule has 0 bridgehead atoms. The zero-order valence-electron chi connectivity index (χ0n) is 19.2. The van der Waals surface area contributed by atoms with Crippen LogP contribution in [0, 0.1) is 18.3 Å². The highest BCUT2D eigenvalue weighted by Gasteiger charge is 2.62. The van der Waals surface area contributed by atoms with Crippen molar-refractivity contribution < 1.29 is 12.2 Å². The molecular formula is C24H29N3O2. The molecule has 1 aromatic carbocycles. The lowest BCUT2D eigenvalue weighted by atomic mass is 9.59. The first-order valence-corrected chi connectivity index (χ1v) is 10.3. The molecular weight excluding hydrogens is 362 g/mol. The van der Waals surface area contributed by atoms with Crippen LogP contribution in [-0.2, 0) is 21.4 Å². The van der Waals surface area contributed by atoms with E-state index in [-0.39, 0.29) is 12.1 Å². The van der Waals surface area contributed by atoms with E-state index in [1.54, 1.807) is 7.11 Å². The second-order valence-electron chi connectivity index (χ2n) is 8.94. The molecule has 1 aliphatic heterocycles. The maximum Gasteiger partial charge on any atom is 0.283 e. The Morgan fingerprint density at radius 1 is 1.28 bits per heavy atom. The lowest BCUT2D eigenvalue weighted by Crippen LogP contribution is -2.48. The molecule has 5 rings (SSSR count). The molecule has 2 aromatic rings. The van der Waals surface area contributed by atoms with Crippen LogP contribution in [-0.4, -0.2) is 30.8 Å². The Hall–Kier alpha value is -2.40. The lowest BCUT2D eigenvalue weighted by molar-refractivity contribution is -0.0445. The second-order valence-corrected chi connectivity index (χ2v) is 8.94. The molecule has 0 saturated heterocycles. The molecule has 5 nitrogen and oxygen atoms in total. The first kappa shape index (κ1) is 16.4. The predicted octanol–water partition coefficient (Wildman–Crippen LogP) is 3.97. The molecule has 1 saturated carbocycles. The number of amidine groups is 1. The fraction of sp³-hybridized carbons (Fsp3) is 0.500. The van der Waals surface area contributed by atoms with Gasteiger partial charge in [-0.15, -0.1) is 0 Å². The van der Waals surface area contributed by atoms with Crippen molar-refractivity contribution in [3.05, 3.63) is 53.3 Å². The van der Waals surface area contributed by atoms with Crippen molar-refractivity contribution in [2.45, 2.75) is 51.2 Å². The van der Waals surface area contributed by atoms with Crippen LogP contribution in [0.4, 0.5) is 0 Å². The Morgan fingerprint density at radius 3 is 2.83 bits per heavy atom. The van der Waals surface area contributed by atoms with E-state index in [2.05, 4.69) is 36.2 Å². The summed E-state index contributed by atoms with van der Waals surface area (Å²) in [4.78, 5) is 9.10. The van der Waals surface area contributed by atoms with Gasteiger partial charge in [0.25, 0.3) is 6.02 Å². The predicted molar refractivity (Wildman–Crippen MR) is 114 cm³/mol. The van der Waals surface area contributed by atoms with Gasteiger partial charge < -0.3 is 15.2 Å². The Morgan fingerprint density at radius 2 is 2.14 bits per heavy atom. The second kappa shape index (κ2) is 6.56. The lowest BCUT2D eigenvalue weighted by Gasteiger charge is -2.47. The summed E-state index contributed by atoms with van der Waals surface area (Å²) in [5.74, 6) is 0.290. The van der Waals surface area contributed by atoms with Crippen LogP contribution >= 0.6 is 0 Å². The van der Waals surface area contributed by atoms with Gasteiger partial charge in [0.15, 0.2) is 0 Å². The van der Waals surface area contributed by atoms with Gasteiger partial charge in [-0.1, -0.05) is 19.1 Å². The summed E-state index contributed by atoms with van der Waals surface area (Å²) in [6.45, 7) is 2.18. The summed E-state index contributed by atoms with van der Waals surface area (Å²) in [6.07, 6.45) is 7.09. The van der Waals surface area contributed by atoms with Gasteiger partial charge in [0.2, 0.25) is 0 Å². The number of aliphatic imine (C=N–C) groups is 1. The average Bonchev–Trinajstić information content (AvgIpc) is 3.12. The zero-order valence-corrected chi connectivity index (χ0v) is 17.2. The number of fused-ring (bicyclic) bond motifs is 3. The fourth-order valence-corrected chi connectivity index (χ4v) is 5.81. The van der Waals surface area contributed by atoms with Gasteiger partial charge in [-0.05, 0) is 72.9 Å². The number of pyridine rings is 1. The maximum atomic E-state index is 8.93. The van der Waals surface area contributed by atoms with Crippen LogP contribution in [0.1, 0.15) is 45.6 Å². The first-order chi connectivity index (χ1) is 14.7. The van der Waals surface area contributed by atoms with Crippen molar-refractivity contribution >= 4 is 6.02 Å². The summed E-state index contributed by atoms with van der Waals surface area (Å²) in [5.41, 5.74) is 9.55. The molecule has 29 heavy (non-hydrogen) atoms. The number of rotatable bonds is 2. The SMILES string of the molecule is [2H]C1([2H])OC(N)=N[C@]12c1cc(-c3cncc(C)c3)ccc1C[C@@]21CC[C@H](OC)[C@@H](C)C1. The molecule has 2 N–H and O–H groups in total. The highest BCUT2D eigenvalue weighted by atomic mass is 16.5. The zero-order chi connectivity index (χ0) is 22.0. The number of benzene rings is 1. The topological polar surface area (TPSA) is 69.7 Å². The molecule has 5 heteroatoms. The van der Waals surface area contributed by atoms with E-state index in [4.69, 9.17) is 22.9 Å². The molecule has 4 atom stereocenters. The summed E-state index contributed by atoms with van der Waals surface area (Å²) in [7, 11) is 1.76. The summed E-state index contributed by atoms with van der Waals surface area (Å²) in [5, 5.41) is 0. The van der Waals surface area contributed by atoms with Crippen LogP contribution in [0.5, 0.6) is 0 Å². The molecule has 2 heterocycles. The van der Waals surface area contributed by atoms with Crippen LogP contribution in [0.3, 0.4) is 0 Å². The number of hydrogen-bond acceptors (Lipinski definition) is 5. The van der Waals surface area contributed by atoms with Crippen molar-refractivity contribution in [3.63, 3.8) is 0 Å². The van der Waals surface area contributed by atoms with Crippen molar-refractivity contribution in [3.8, 4) is 11.1 Å². The van der Waals surface area contributed by atoms with E-state index in [0.717, 1.165) is 53.5 Å². The number of ether oxygens (including phenoxy) is 2. The van der Waals surface area contributed by atoms with E-state index >= 15 is 0 Å². The Labute approximate surface area is 175 Å². The van der Waals surface area contributed by atoms with Crippen LogP contribution in [0.2, 0.25) is 0 Å². The number of nitrogens with zero attached hydrogens (tertiary/aromatic N) is 2. The molecule has 2 spiro atoms. The van der Waals surface area contributed by atoms with Crippen LogP contribution in [0.25, 0.3) is 11.1 Å². The van der Waals surface area contributed by atoms with Crippen LogP contribution in [0.15, 0.2) is 41.7 Å². The van der Waals surface area contributed by atoms with Gasteiger partial charge in [-0.2, -0.15) is 0 Å². The normalized spacial score (nSPS) is 35.8. The van der Waals surface area contributed by atoms with Gasteiger partial charge in [-0.25, -0.2) is 4.99 Å². The third kappa shape index (κ3) is 2.71. The molecule has 152 valence electrons. The Kier molecular flexibility index (Phi) is 3.71. The molecule has 1 aromatic heterocycles. The van der Waals surface area contributed by atoms with Crippen LogP contribution < -0.4 is 5.73 Å². The molecule has 0 unspecified atom stereocenters. The Bertz CT molecular complexity index is 1070.